The van der Waals surface area contributed by atoms with Crippen LogP contribution in [0, 0.1) is 0 Å². The number of rotatable bonds is 4. The number of furan rings is 1. The number of amides is 1. The molecule has 0 aliphatic carbocycles. The summed E-state index contributed by atoms with van der Waals surface area (Å²) in [7, 11) is 0. The minimum atomic E-state index is -0.225. The number of carbonyl (C=O) groups is 1. The van der Waals surface area contributed by atoms with Gasteiger partial charge in [0.05, 0.1) is 6.54 Å². The maximum atomic E-state index is 12.0. The molecule has 0 saturated heterocycles. The van der Waals surface area contributed by atoms with E-state index in [2.05, 4.69) is 25.6 Å². The highest BCUT2D eigenvalue weighted by molar-refractivity contribution is 6.05. The maximum Gasteiger partial charge on any atom is 0.244 e. The van der Waals surface area contributed by atoms with E-state index in [1.54, 1.807) is 24.4 Å². The molecule has 4 rings (SSSR count). The molecule has 24 heavy (non-hydrogen) atoms. The van der Waals surface area contributed by atoms with Gasteiger partial charge in [-0.25, -0.2) is 15.0 Å². The standard InChI is InChI=1S/C17H13N5O2/c23-14(22-13-7-3-4-8-18-13)9-19-17-16-15(20-10-21-17)11-5-1-2-6-12(11)24-16/h1-8,10H,9H2,(H,18,22,23)(H,19,20,21). The summed E-state index contributed by atoms with van der Waals surface area (Å²) in [5, 5.41) is 6.60. The quantitative estimate of drug-likeness (QED) is 0.601. The van der Waals surface area contributed by atoms with Gasteiger partial charge in [-0.05, 0) is 24.3 Å². The van der Waals surface area contributed by atoms with Crippen LogP contribution < -0.4 is 10.6 Å². The first-order chi connectivity index (χ1) is 11.8. The number of benzene rings is 1. The molecule has 0 saturated carbocycles. The molecule has 7 heteroatoms. The zero-order valence-electron chi connectivity index (χ0n) is 12.6. The summed E-state index contributed by atoms with van der Waals surface area (Å²) in [5.74, 6) is 0.754. The van der Waals surface area contributed by atoms with Crippen molar-refractivity contribution in [1.82, 2.24) is 15.0 Å². The first-order valence-corrected chi connectivity index (χ1v) is 7.38. The molecule has 0 radical (unpaired) electrons. The fraction of sp³-hybridized carbons (Fsp3) is 0.0588. The Labute approximate surface area is 136 Å². The maximum absolute atomic E-state index is 12.0. The predicted octanol–water partition coefficient (Wildman–Crippen LogP) is 2.82. The lowest BCUT2D eigenvalue weighted by Crippen LogP contribution is -2.22. The fourth-order valence-electron chi connectivity index (χ4n) is 2.44. The van der Waals surface area contributed by atoms with Crippen LogP contribution in [0.5, 0.6) is 0 Å². The topological polar surface area (TPSA) is 92.9 Å². The summed E-state index contributed by atoms with van der Waals surface area (Å²) < 4.78 is 5.80. The van der Waals surface area contributed by atoms with Gasteiger partial charge >= 0.3 is 0 Å². The molecule has 3 aromatic heterocycles. The van der Waals surface area contributed by atoms with E-state index in [1.165, 1.54) is 6.33 Å². The summed E-state index contributed by atoms with van der Waals surface area (Å²) in [6, 6.07) is 12.9. The van der Waals surface area contributed by atoms with Gasteiger partial charge in [0.1, 0.15) is 23.2 Å². The molecule has 0 aliphatic rings. The molecule has 0 aliphatic heterocycles. The van der Waals surface area contributed by atoms with Crippen molar-refractivity contribution in [3.63, 3.8) is 0 Å². The molecular formula is C17H13N5O2. The first-order valence-electron chi connectivity index (χ1n) is 7.38. The summed E-state index contributed by atoms with van der Waals surface area (Å²) in [6.07, 6.45) is 3.06. The Hall–Kier alpha value is -3.48. The average molecular weight is 319 g/mol. The van der Waals surface area contributed by atoms with Gasteiger partial charge in [-0.15, -0.1) is 0 Å². The van der Waals surface area contributed by atoms with Crippen LogP contribution in [-0.4, -0.2) is 27.4 Å². The second kappa shape index (κ2) is 5.96. The minimum Gasteiger partial charge on any atom is -0.450 e. The normalized spacial score (nSPS) is 10.8. The fourth-order valence-corrected chi connectivity index (χ4v) is 2.44. The van der Waals surface area contributed by atoms with E-state index >= 15 is 0 Å². The number of nitrogens with one attached hydrogen (secondary N) is 2. The molecule has 0 bridgehead atoms. The molecule has 7 nitrogen and oxygen atoms in total. The van der Waals surface area contributed by atoms with Crippen LogP contribution in [0.4, 0.5) is 11.6 Å². The lowest BCUT2D eigenvalue weighted by molar-refractivity contribution is -0.114. The van der Waals surface area contributed by atoms with Crippen molar-refractivity contribution >= 4 is 39.6 Å². The number of para-hydroxylation sites is 1. The Morgan fingerprint density at radius 2 is 1.92 bits per heavy atom. The largest absolute Gasteiger partial charge is 0.450 e. The van der Waals surface area contributed by atoms with Gasteiger partial charge in [0.15, 0.2) is 11.4 Å². The zero-order chi connectivity index (χ0) is 16.4. The van der Waals surface area contributed by atoms with E-state index in [1.807, 2.05) is 24.3 Å². The summed E-state index contributed by atoms with van der Waals surface area (Å²) in [5.41, 5.74) is 1.98. The number of pyridine rings is 1. The lowest BCUT2D eigenvalue weighted by atomic mass is 10.2. The molecule has 118 valence electrons. The molecule has 3 heterocycles. The van der Waals surface area contributed by atoms with Gasteiger partial charge in [0.25, 0.3) is 0 Å². The highest BCUT2D eigenvalue weighted by atomic mass is 16.3. The smallest absolute Gasteiger partial charge is 0.244 e. The second-order valence-corrected chi connectivity index (χ2v) is 5.11. The first kappa shape index (κ1) is 14.1. The van der Waals surface area contributed by atoms with Crippen molar-refractivity contribution in [2.24, 2.45) is 0 Å². The van der Waals surface area contributed by atoms with Crippen LogP contribution in [0.2, 0.25) is 0 Å². The number of anilines is 2. The Balaban J connectivity index is 1.55. The average Bonchev–Trinajstić information content (AvgIpc) is 3.00. The Morgan fingerprint density at radius 3 is 2.79 bits per heavy atom. The molecular weight excluding hydrogens is 306 g/mol. The van der Waals surface area contributed by atoms with Crippen LogP contribution in [-0.2, 0) is 4.79 Å². The van der Waals surface area contributed by atoms with Crippen LogP contribution in [0.3, 0.4) is 0 Å². The van der Waals surface area contributed by atoms with E-state index in [9.17, 15) is 4.79 Å². The second-order valence-electron chi connectivity index (χ2n) is 5.11. The van der Waals surface area contributed by atoms with Crippen molar-refractivity contribution in [2.45, 2.75) is 0 Å². The zero-order valence-corrected chi connectivity index (χ0v) is 12.6. The van der Waals surface area contributed by atoms with Gasteiger partial charge < -0.3 is 15.1 Å². The molecule has 1 amide bonds. The molecule has 2 N–H and O–H groups in total. The Morgan fingerprint density at radius 1 is 1.04 bits per heavy atom. The monoisotopic (exact) mass is 319 g/mol. The number of aromatic nitrogens is 3. The van der Waals surface area contributed by atoms with Crippen LogP contribution in [0.1, 0.15) is 0 Å². The van der Waals surface area contributed by atoms with Crippen molar-refractivity contribution in [3.8, 4) is 0 Å². The predicted molar refractivity (Wildman–Crippen MR) is 90.7 cm³/mol. The van der Waals surface area contributed by atoms with Crippen molar-refractivity contribution in [2.75, 3.05) is 17.2 Å². The third-order valence-electron chi connectivity index (χ3n) is 3.51. The number of carbonyl (C=O) groups excluding carboxylic acids is 1. The van der Waals surface area contributed by atoms with Gasteiger partial charge in [0, 0.05) is 11.6 Å². The number of nitrogens with zero attached hydrogens (tertiary/aromatic N) is 3. The van der Waals surface area contributed by atoms with Gasteiger partial charge in [-0.3, -0.25) is 4.79 Å². The van der Waals surface area contributed by atoms with E-state index in [0.717, 1.165) is 11.0 Å². The molecule has 0 spiro atoms. The van der Waals surface area contributed by atoms with Gasteiger partial charge in [-0.1, -0.05) is 18.2 Å². The minimum absolute atomic E-state index is 0.0414. The third-order valence-corrected chi connectivity index (χ3v) is 3.51. The number of hydrogen-bond acceptors (Lipinski definition) is 6. The van der Waals surface area contributed by atoms with Gasteiger partial charge in [0.2, 0.25) is 5.91 Å². The molecule has 0 fully saturated rings. The highest BCUT2D eigenvalue weighted by Gasteiger charge is 2.13. The van der Waals surface area contributed by atoms with Crippen molar-refractivity contribution < 1.29 is 9.21 Å². The summed E-state index contributed by atoms with van der Waals surface area (Å²) in [4.78, 5) is 24.5. The summed E-state index contributed by atoms with van der Waals surface area (Å²) >= 11 is 0. The van der Waals surface area contributed by atoms with Crippen molar-refractivity contribution in [1.29, 1.82) is 0 Å². The molecule has 1 aromatic carbocycles. The third kappa shape index (κ3) is 2.63. The number of fused-ring (bicyclic) bond motifs is 3. The van der Waals surface area contributed by atoms with Crippen molar-refractivity contribution in [3.05, 3.63) is 55.0 Å². The van der Waals surface area contributed by atoms with E-state index < -0.39 is 0 Å². The van der Waals surface area contributed by atoms with E-state index in [0.29, 0.717) is 22.7 Å². The Kier molecular flexibility index (Phi) is 3.51. The highest BCUT2D eigenvalue weighted by Crippen LogP contribution is 2.30. The summed E-state index contributed by atoms with van der Waals surface area (Å²) in [6.45, 7) is 0.0414. The SMILES string of the molecule is O=C(CNc1ncnc2c1oc1ccccc12)Nc1ccccn1. The van der Waals surface area contributed by atoms with E-state index in [4.69, 9.17) is 4.42 Å². The van der Waals surface area contributed by atoms with Crippen LogP contribution >= 0.6 is 0 Å². The molecule has 0 unspecified atom stereocenters. The lowest BCUT2D eigenvalue weighted by Gasteiger charge is -2.06. The van der Waals surface area contributed by atoms with Gasteiger partial charge in [-0.2, -0.15) is 0 Å². The molecule has 4 aromatic rings. The molecule has 0 atom stereocenters. The van der Waals surface area contributed by atoms with E-state index in [-0.39, 0.29) is 12.5 Å². The van der Waals surface area contributed by atoms with Crippen LogP contribution in [0.25, 0.3) is 22.1 Å². The van der Waals surface area contributed by atoms with Crippen LogP contribution in [0.15, 0.2) is 59.4 Å². The number of hydrogen-bond donors (Lipinski definition) is 2. The Bertz CT molecular complexity index is 1010.